The molecule has 0 aliphatic rings. The molecule has 0 saturated carbocycles. The van der Waals surface area contributed by atoms with Crippen LogP contribution in [0.2, 0.25) is 0 Å². The lowest BCUT2D eigenvalue weighted by molar-refractivity contribution is -0.0712. The Labute approximate surface area is 88.1 Å². The third kappa shape index (κ3) is 2.46. The highest BCUT2D eigenvalue weighted by atomic mass is 79.9. The van der Waals surface area contributed by atoms with Crippen molar-refractivity contribution in [2.45, 2.75) is 12.0 Å². The number of halogens is 3. The molecule has 0 aliphatic carbocycles. The second-order valence-corrected chi connectivity index (χ2v) is 3.75. The topological polar surface area (TPSA) is 59.1 Å². The molecule has 0 fully saturated rings. The largest absolute Gasteiger partial charge is 0.390 e. The maximum atomic E-state index is 12.9. The predicted molar refractivity (Wildman–Crippen MR) is 50.9 cm³/mol. The zero-order chi connectivity index (χ0) is 10.8. The summed E-state index contributed by atoms with van der Waals surface area (Å²) in [5.41, 5.74) is 5.46. The fraction of sp³-hybridized carbons (Fsp3) is 0.375. The van der Waals surface area contributed by atoms with E-state index in [9.17, 15) is 8.78 Å². The molecule has 0 radical (unpaired) electrons. The molecular weight excluding hydrogens is 258 g/mol. The van der Waals surface area contributed by atoms with Crippen LogP contribution in [0.4, 0.5) is 8.78 Å². The first kappa shape index (κ1) is 11.5. The summed E-state index contributed by atoms with van der Waals surface area (Å²) in [5, 5.41) is 8.43. The summed E-state index contributed by atoms with van der Waals surface area (Å²) in [6.07, 6.45) is 2.71. The van der Waals surface area contributed by atoms with Crippen molar-refractivity contribution in [1.29, 1.82) is 0 Å². The van der Waals surface area contributed by atoms with Crippen molar-refractivity contribution in [3.8, 4) is 0 Å². The van der Waals surface area contributed by atoms with Crippen molar-refractivity contribution in [3.05, 3.63) is 28.5 Å². The molecule has 1 aromatic heterocycles. The number of nitrogens with zero attached hydrogens (tertiary/aromatic N) is 1. The third-order valence-electron chi connectivity index (χ3n) is 1.75. The Bertz CT molecular complexity index is 322. The van der Waals surface area contributed by atoms with Crippen molar-refractivity contribution < 1.29 is 13.9 Å². The molecule has 1 rings (SSSR count). The van der Waals surface area contributed by atoms with Gasteiger partial charge in [0.05, 0.1) is 6.04 Å². The van der Waals surface area contributed by atoms with E-state index < -0.39 is 18.6 Å². The van der Waals surface area contributed by atoms with Crippen LogP contribution in [0.5, 0.6) is 0 Å². The van der Waals surface area contributed by atoms with E-state index in [2.05, 4.69) is 20.9 Å². The molecular formula is C8H9BrF2N2O. The fourth-order valence-corrected chi connectivity index (χ4v) is 1.32. The zero-order valence-electron chi connectivity index (χ0n) is 7.12. The molecule has 0 bridgehead atoms. The Morgan fingerprint density at radius 1 is 1.57 bits per heavy atom. The van der Waals surface area contributed by atoms with Gasteiger partial charge in [0.25, 0.3) is 5.92 Å². The molecule has 6 heteroatoms. The third-order valence-corrected chi connectivity index (χ3v) is 2.18. The number of alkyl halides is 2. The van der Waals surface area contributed by atoms with E-state index in [1.165, 1.54) is 18.5 Å². The van der Waals surface area contributed by atoms with Crippen LogP contribution in [0.25, 0.3) is 0 Å². The van der Waals surface area contributed by atoms with E-state index in [0.717, 1.165) is 0 Å². The molecule has 0 unspecified atom stereocenters. The molecule has 0 amide bonds. The molecule has 0 aliphatic heterocycles. The predicted octanol–water partition coefficient (Wildman–Crippen LogP) is 1.47. The SMILES string of the molecule is N[C@@H](c1cncc(Br)c1)C(F)(F)CO. The number of aromatic nitrogens is 1. The second-order valence-electron chi connectivity index (χ2n) is 2.83. The first-order chi connectivity index (χ1) is 6.47. The van der Waals surface area contributed by atoms with E-state index >= 15 is 0 Å². The van der Waals surface area contributed by atoms with E-state index in [-0.39, 0.29) is 5.56 Å². The Morgan fingerprint density at radius 2 is 2.21 bits per heavy atom. The highest BCUT2D eigenvalue weighted by Gasteiger charge is 2.37. The number of aliphatic hydroxyl groups is 1. The van der Waals surface area contributed by atoms with Gasteiger partial charge >= 0.3 is 0 Å². The second kappa shape index (κ2) is 4.29. The number of nitrogens with two attached hydrogens (primary N) is 1. The van der Waals surface area contributed by atoms with Gasteiger partial charge in [0.1, 0.15) is 6.61 Å². The fourth-order valence-electron chi connectivity index (χ4n) is 0.941. The molecule has 1 aromatic rings. The van der Waals surface area contributed by atoms with Gasteiger partial charge in [-0.15, -0.1) is 0 Å². The summed E-state index contributed by atoms with van der Waals surface area (Å²) >= 11 is 3.09. The van der Waals surface area contributed by atoms with Gasteiger partial charge in [-0.1, -0.05) is 0 Å². The minimum Gasteiger partial charge on any atom is -0.390 e. The standard InChI is InChI=1S/C8H9BrF2N2O/c9-6-1-5(2-13-3-6)7(12)8(10,11)4-14/h1-3,7,14H,4,12H2/t7-/m0/s1. The Morgan fingerprint density at radius 3 is 2.71 bits per heavy atom. The molecule has 1 atom stereocenters. The van der Waals surface area contributed by atoms with Crippen LogP contribution in [-0.4, -0.2) is 22.6 Å². The van der Waals surface area contributed by atoms with Crippen LogP contribution in [-0.2, 0) is 0 Å². The number of aliphatic hydroxyl groups excluding tert-OH is 1. The maximum Gasteiger partial charge on any atom is 0.289 e. The highest BCUT2D eigenvalue weighted by molar-refractivity contribution is 9.10. The van der Waals surface area contributed by atoms with Crippen molar-refractivity contribution in [2.75, 3.05) is 6.61 Å². The zero-order valence-corrected chi connectivity index (χ0v) is 8.71. The summed E-state index contributed by atoms with van der Waals surface area (Å²) in [7, 11) is 0. The van der Waals surface area contributed by atoms with Crippen molar-refractivity contribution in [3.63, 3.8) is 0 Å². The van der Waals surface area contributed by atoms with Crippen LogP contribution in [0.3, 0.4) is 0 Å². The van der Waals surface area contributed by atoms with Gasteiger partial charge in [0.15, 0.2) is 0 Å². The lowest BCUT2D eigenvalue weighted by Gasteiger charge is -2.21. The van der Waals surface area contributed by atoms with Crippen molar-refractivity contribution in [2.24, 2.45) is 5.73 Å². The Kier molecular flexibility index (Phi) is 3.52. The molecule has 78 valence electrons. The number of hydrogen-bond donors (Lipinski definition) is 2. The monoisotopic (exact) mass is 266 g/mol. The van der Waals surface area contributed by atoms with Crippen LogP contribution in [0, 0.1) is 0 Å². The van der Waals surface area contributed by atoms with Crippen molar-refractivity contribution in [1.82, 2.24) is 4.98 Å². The van der Waals surface area contributed by atoms with Gasteiger partial charge in [0.2, 0.25) is 0 Å². The highest BCUT2D eigenvalue weighted by Crippen LogP contribution is 2.29. The molecule has 3 nitrogen and oxygen atoms in total. The van der Waals surface area contributed by atoms with E-state index in [1.807, 2.05) is 0 Å². The average molecular weight is 267 g/mol. The minimum absolute atomic E-state index is 0.179. The molecule has 14 heavy (non-hydrogen) atoms. The van der Waals surface area contributed by atoms with Crippen LogP contribution in [0.15, 0.2) is 22.9 Å². The number of rotatable bonds is 3. The van der Waals surface area contributed by atoms with E-state index in [4.69, 9.17) is 10.8 Å². The van der Waals surface area contributed by atoms with Crippen LogP contribution >= 0.6 is 15.9 Å². The minimum atomic E-state index is -3.33. The summed E-state index contributed by atoms with van der Waals surface area (Å²) in [6.45, 7) is -1.28. The van der Waals surface area contributed by atoms with Gasteiger partial charge in [-0.25, -0.2) is 8.78 Å². The van der Waals surface area contributed by atoms with E-state index in [0.29, 0.717) is 4.47 Å². The first-order valence-electron chi connectivity index (χ1n) is 3.82. The quantitative estimate of drug-likeness (QED) is 0.871. The van der Waals surface area contributed by atoms with Crippen LogP contribution < -0.4 is 5.73 Å². The lowest BCUT2D eigenvalue weighted by Crippen LogP contribution is -2.36. The van der Waals surface area contributed by atoms with Gasteiger partial charge in [-0.3, -0.25) is 4.98 Å². The number of pyridine rings is 1. The van der Waals surface area contributed by atoms with E-state index in [1.54, 1.807) is 0 Å². The average Bonchev–Trinajstić information content (AvgIpc) is 2.16. The van der Waals surface area contributed by atoms with Gasteiger partial charge in [0, 0.05) is 16.9 Å². The van der Waals surface area contributed by atoms with Crippen molar-refractivity contribution >= 4 is 15.9 Å². The summed E-state index contributed by atoms with van der Waals surface area (Å²) in [4.78, 5) is 3.71. The molecule has 0 aromatic carbocycles. The lowest BCUT2D eigenvalue weighted by atomic mass is 10.0. The normalized spacial score (nSPS) is 14.1. The molecule has 1 heterocycles. The first-order valence-corrected chi connectivity index (χ1v) is 4.61. The van der Waals surface area contributed by atoms with Crippen LogP contribution in [0.1, 0.15) is 11.6 Å². The maximum absolute atomic E-state index is 12.9. The Hall–Kier alpha value is -0.590. The van der Waals surface area contributed by atoms with Gasteiger partial charge < -0.3 is 10.8 Å². The van der Waals surface area contributed by atoms with Gasteiger partial charge in [-0.2, -0.15) is 0 Å². The molecule has 3 N–H and O–H groups in total. The smallest absolute Gasteiger partial charge is 0.289 e. The summed E-state index contributed by atoms with van der Waals surface area (Å²) < 4.78 is 26.5. The molecule has 0 saturated heterocycles. The number of hydrogen-bond acceptors (Lipinski definition) is 3. The Balaban J connectivity index is 2.94. The van der Waals surface area contributed by atoms with Gasteiger partial charge in [-0.05, 0) is 27.6 Å². The summed E-state index contributed by atoms with van der Waals surface area (Å²) in [5.74, 6) is -3.33. The molecule has 0 spiro atoms. The summed E-state index contributed by atoms with van der Waals surface area (Å²) in [6, 6.07) is -0.0983.